The van der Waals surface area contributed by atoms with Crippen LogP contribution in [0.3, 0.4) is 0 Å². The van der Waals surface area contributed by atoms with Gasteiger partial charge in [-0.1, -0.05) is 49.9 Å². The van der Waals surface area contributed by atoms with Crippen LogP contribution in [0.4, 0.5) is 0 Å². The minimum Gasteiger partial charge on any atom is -0.312 e. The zero-order valence-electron chi connectivity index (χ0n) is 12.5. The molecular formula is C15H22N4S. The summed E-state index contributed by atoms with van der Waals surface area (Å²) in [6.45, 7) is 4.43. The first kappa shape index (κ1) is 15.1. The van der Waals surface area contributed by atoms with Crippen molar-refractivity contribution in [1.82, 2.24) is 20.1 Å². The summed E-state index contributed by atoms with van der Waals surface area (Å²) >= 11 is 1.72. The Hall–Kier alpha value is -1.33. The molecule has 0 spiro atoms. The lowest BCUT2D eigenvalue weighted by molar-refractivity contribution is 0.658. The maximum Gasteiger partial charge on any atom is 0.190 e. The van der Waals surface area contributed by atoms with Gasteiger partial charge in [0.1, 0.15) is 6.33 Å². The summed E-state index contributed by atoms with van der Waals surface area (Å²) in [5.41, 5.74) is 2.69. The predicted molar refractivity (Wildman–Crippen MR) is 84.1 cm³/mol. The van der Waals surface area contributed by atoms with Gasteiger partial charge < -0.3 is 9.88 Å². The second-order valence-electron chi connectivity index (χ2n) is 5.20. The molecule has 0 aliphatic rings. The third kappa shape index (κ3) is 3.61. The molecule has 0 saturated carbocycles. The molecule has 2 aromatic rings. The van der Waals surface area contributed by atoms with E-state index in [1.807, 2.05) is 18.7 Å². The molecule has 1 N–H and O–H groups in total. The van der Waals surface area contributed by atoms with Gasteiger partial charge in [0.15, 0.2) is 5.16 Å². The van der Waals surface area contributed by atoms with Crippen LogP contribution in [0.5, 0.6) is 0 Å². The van der Waals surface area contributed by atoms with E-state index in [4.69, 9.17) is 0 Å². The molecule has 1 unspecified atom stereocenters. The van der Waals surface area contributed by atoms with Gasteiger partial charge in [-0.3, -0.25) is 0 Å². The van der Waals surface area contributed by atoms with Crippen LogP contribution in [0.25, 0.3) is 0 Å². The molecule has 2 rings (SSSR count). The lowest BCUT2D eigenvalue weighted by Gasteiger charge is -2.17. The van der Waals surface area contributed by atoms with Gasteiger partial charge in [-0.15, -0.1) is 10.2 Å². The van der Waals surface area contributed by atoms with Gasteiger partial charge in [0, 0.05) is 18.8 Å². The lowest BCUT2D eigenvalue weighted by atomic mass is 10.00. The van der Waals surface area contributed by atoms with Crippen LogP contribution < -0.4 is 5.32 Å². The van der Waals surface area contributed by atoms with E-state index in [1.54, 1.807) is 18.1 Å². The molecule has 0 aliphatic carbocycles. The summed E-state index contributed by atoms with van der Waals surface area (Å²) in [5, 5.41) is 12.3. The van der Waals surface area contributed by atoms with Gasteiger partial charge in [0.2, 0.25) is 0 Å². The van der Waals surface area contributed by atoms with E-state index in [0.29, 0.717) is 12.0 Å². The Morgan fingerprint density at radius 3 is 2.35 bits per heavy atom. The van der Waals surface area contributed by atoms with Crippen LogP contribution in [0.2, 0.25) is 0 Å². The molecular weight excluding hydrogens is 268 g/mol. The third-order valence-electron chi connectivity index (χ3n) is 3.40. The molecule has 5 heteroatoms. The van der Waals surface area contributed by atoms with Crippen LogP contribution >= 0.6 is 11.8 Å². The van der Waals surface area contributed by atoms with Crippen LogP contribution in [-0.4, -0.2) is 27.6 Å². The molecule has 1 atom stereocenters. The van der Waals surface area contributed by atoms with Crippen molar-refractivity contribution >= 4 is 11.8 Å². The predicted octanol–water partition coefficient (Wildman–Crippen LogP) is 2.99. The van der Waals surface area contributed by atoms with E-state index in [0.717, 1.165) is 10.9 Å². The van der Waals surface area contributed by atoms with Crippen molar-refractivity contribution in [3.63, 3.8) is 0 Å². The summed E-state index contributed by atoms with van der Waals surface area (Å²) < 4.78 is 1.94. The normalized spacial score (nSPS) is 12.8. The largest absolute Gasteiger partial charge is 0.312 e. The molecule has 1 heterocycles. The minimum atomic E-state index is 0.318. The number of aromatic nitrogens is 3. The SMILES string of the molecule is CNC(CSc1nncn1C)c1ccc(C(C)C)cc1. The van der Waals surface area contributed by atoms with Crippen LogP contribution in [0, 0.1) is 0 Å². The molecule has 0 saturated heterocycles. The van der Waals surface area contributed by atoms with Crippen LogP contribution in [0.15, 0.2) is 35.7 Å². The maximum absolute atomic E-state index is 4.10. The number of nitrogens with one attached hydrogen (secondary N) is 1. The third-order valence-corrected chi connectivity index (χ3v) is 4.53. The fraction of sp³-hybridized carbons (Fsp3) is 0.467. The van der Waals surface area contributed by atoms with Crippen molar-refractivity contribution in [3.05, 3.63) is 41.7 Å². The number of hydrogen-bond acceptors (Lipinski definition) is 4. The first-order chi connectivity index (χ1) is 9.61. The van der Waals surface area contributed by atoms with Crippen molar-refractivity contribution in [1.29, 1.82) is 0 Å². The summed E-state index contributed by atoms with van der Waals surface area (Å²) in [4.78, 5) is 0. The Kier molecular flexibility index (Phi) is 5.20. The maximum atomic E-state index is 4.10. The quantitative estimate of drug-likeness (QED) is 0.831. The summed E-state index contributed by atoms with van der Waals surface area (Å²) in [5.74, 6) is 1.51. The lowest BCUT2D eigenvalue weighted by Crippen LogP contribution is -2.19. The van der Waals surface area contributed by atoms with Gasteiger partial charge in [0.25, 0.3) is 0 Å². The Bertz CT molecular complexity index is 533. The number of benzene rings is 1. The number of thioether (sulfide) groups is 1. The highest BCUT2D eigenvalue weighted by molar-refractivity contribution is 7.99. The van der Waals surface area contributed by atoms with E-state index in [9.17, 15) is 0 Å². The van der Waals surface area contributed by atoms with Crippen molar-refractivity contribution < 1.29 is 0 Å². The Labute approximate surface area is 125 Å². The van der Waals surface area contributed by atoms with Crippen LogP contribution in [-0.2, 0) is 7.05 Å². The fourth-order valence-electron chi connectivity index (χ4n) is 2.02. The van der Waals surface area contributed by atoms with E-state index >= 15 is 0 Å². The Morgan fingerprint density at radius 1 is 1.20 bits per heavy atom. The zero-order chi connectivity index (χ0) is 14.5. The molecule has 1 aromatic heterocycles. The van der Waals surface area contributed by atoms with Gasteiger partial charge in [-0.2, -0.15) is 0 Å². The van der Waals surface area contributed by atoms with E-state index in [-0.39, 0.29) is 0 Å². The highest BCUT2D eigenvalue weighted by atomic mass is 32.2. The number of hydrogen-bond donors (Lipinski definition) is 1. The molecule has 0 amide bonds. The molecule has 20 heavy (non-hydrogen) atoms. The Balaban J connectivity index is 2.02. The summed E-state index contributed by atoms with van der Waals surface area (Å²) in [6, 6.07) is 9.19. The van der Waals surface area contributed by atoms with Crippen LogP contribution in [0.1, 0.15) is 36.9 Å². The first-order valence-electron chi connectivity index (χ1n) is 6.85. The molecule has 4 nitrogen and oxygen atoms in total. The first-order valence-corrected chi connectivity index (χ1v) is 7.84. The second-order valence-corrected chi connectivity index (χ2v) is 6.19. The summed E-state index contributed by atoms with van der Waals surface area (Å²) in [6.07, 6.45) is 1.73. The molecule has 1 aromatic carbocycles. The second kappa shape index (κ2) is 6.90. The molecule has 0 fully saturated rings. The highest BCUT2D eigenvalue weighted by Gasteiger charge is 2.12. The smallest absolute Gasteiger partial charge is 0.190 e. The monoisotopic (exact) mass is 290 g/mol. The molecule has 0 radical (unpaired) electrons. The van der Waals surface area contributed by atoms with E-state index in [2.05, 4.69) is 53.6 Å². The summed E-state index contributed by atoms with van der Waals surface area (Å²) in [7, 11) is 3.96. The number of rotatable bonds is 6. The molecule has 0 bridgehead atoms. The van der Waals surface area contributed by atoms with E-state index < -0.39 is 0 Å². The Morgan fingerprint density at radius 2 is 1.85 bits per heavy atom. The number of aryl methyl sites for hydroxylation is 1. The van der Waals surface area contributed by atoms with Gasteiger partial charge in [-0.05, 0) is 24.1 Å². The fourth-order valence-corrected chi connectivity index (χ4v) is 3.05. The van der Waals surface area contributed by atoms with Crippen molar-refractivity contribution in [2.75, 3.05) is 12.8 Å². The topological polar surface area (TPSA) is 42.7 Å². The highest BCUT2D eigenvalue weighted by Crippen LogP contribution is 2.24. The minimum absolute atomic E-state index is 0.318. The average Bonchev–Trinajstić information content (AvgIpc) is 2.85. The van der Waals surface area contributed by atoms with Crippen molar-refractivity contribution in [2.45, 2.75) is 31.0 Å². The molecule has 108 valence electrons. The zero-order valence-corrected chi connectivity index (χ0v) is 13.3. The van der Waals surface area contributed by atoms with Crippen molar-refractivity contribution in [3.8, 4) is 0 Å². The number of nitrogens with zero attached hydrogens (tertiary/aromatic N) is 3. The standard InChI is InChI=1S/C15H22N4S/c1-11(2)12-5-7-13(8-6-12)14(16-3)9-20-15-18-17-10-19(15)4/h5-8,10-11,14,16H,9H2,1-4H3. The molecule has 0 aliphatic heterocycles. The average molecular weight is 290 g/mol. The van der Waals surface area contributed by atoms with Gasteiger partial charge >= 0.3 is 0 Å². The van der Waals surface area contributed by atoms with E-state index in [1.165, 1.54) is 11.1 Å². The van der Waals surface area contributed by atoms with Gasteiger partial charge in [0.05, 0.1) is 0 Å². The van der Waals surface area contributed by atoms with Gasteiger partial charge in [-0.25, -0.2) is 0 Å². The van der Waals surface area contributed by atoms with Crippen molar-refractivity contribution in [2.24, 2.45) is 7.05 Å².